The molecular formula is C27H32N2O2S. The number of hydrogen-bond acceptors (Lipinski definition) is 4. The van der Waals surface area contributed by atoms with Gasteiger partial charge in [-0.25, -0.2) is 0 Å². The number of aryl methyl sites for hydroxylation is 2. The number of benzene rings is 2. The van der Waals surface area contributed by atoms with E-state index in [-0.39, 0.29) is 11.9 Å². The molecule has 1 aromatic heterocycles. The van der Waals surface area contributed by atoms with Crippen molar-refractivity contribution in [1.82, 2.24) is 4.90 Å². The Morgan fingerprint density at radius 1 is 1.16 bits per heavy atom. The van der Waals surface area contributed by atoms with Gasteiger partial charge in [-0.15, -0.1) is 11.3 Å². The molecule has 3 aromatic rings. The maximum absolute atomic E-state index is 13.0. The quantitative estimate of drug-likeness (QED) is 0.533. The van der Waals surface area contributed by atoms with Crippen LogP contribution in [0.25, 0.3) is 0 Å². The maximum Gasteiger partial charge on any atom is 0.242 e. The van der Waals surface area contributed by atoms with Crippen molar-refractivity contribution in [1.29, 1.82) is 0 Å². The van der Waals surface area contributed by atoms with Gasteiger partial charge in [-0.3, -0.25) is 9.69 Å². The first-order valence-electron chi connectivity index (χ1n) is 11.2. The second kappa shape index (κ2) is 9.08. The molecule has 1 aliphatic heterocycles. The van der Waals surface area contributed by atoms with Crippen LogP contribution in [0.4, 0.5) is 0 Å². The van der Waals surface area contributed by atoms with Crippen molar-refractivity contribution in [2.24, 2.45) is 5.73 Å². The molecule has 2 N–H and O–H groups in total. The molecule has 32 heavy (non-hydrogen) atoms. The van der Waals surface area contributed by atoms with Crippen molar-refractivity contribution in [2.45, 2.75) is 51.6 Å². The number of primary amides is 1. The zero-order valence-electron chi connectivity index (χ0n) is 19.4. The van der Waals surface area contributed by atoms with Crippen molar-refractivity contribution in [3.05, 3.63) is 86.6 Å². The summed E-state index contributed by atoms with van der Waals surface area (Å²) in [5.41, 5.74) is 10.2. The predicted molar refractivity (Wildman–Crippen MR) is 131 cm³/mol. The molecule has 168 valence electrons. The normalized spacial score (nSPS) is 18.1. The van der Waals surface area contributed by atoms with Crippen LogP contribution in [-0.4, -0.2) is 24.5 Å². The smallest absolute Gasteiger partial charge is 0.242 e. The fourth-order valence-electron chi connectivity index (χ4n) is 5.01. The van der Waals surface area contributed by atoms with Crippen molar-refractivity contribution in [3.63, 3.8) is 0 Å². The molecule has 1 aliphatic rings. The highest BCUT2D eigenvalue weighted by molar-refractivity contribution is 7.12. The van der Waals surface area contributed by atoms with Crippen LogP contribution in [0, 0.1) is 13.8 Å². The van der Waals surface area contributed by atoms with Crippen LogP contribution in [0.15, 0.2) is 54.6 Å². The van der Waals surface area contributed by atoms with Crippen molar-refractivity contribution in [3.8, 4) is 5.75 Å². The Bertz CT molecular complexity index is 1090. The summed E-state index contributed by atoms with van der Waals surface area (Å²) in [6.45, 7) is 7.23. The SMILES string of the molecule is COc1ccc(CCC2c3c(sc(C)c3C)CCN2C(C)(C(N)=O)c2ccccc2)cc1. The molecule has 2 heterocycles. The highest BCUT2D eigenvalue weighted by atomic mass is 32.1. The summed E-state index contributed by atoms with van der Waals surface area (Å²) in [7, 11) is 1.69. The molecule has 0 saturated heterocycles. The molecule has 4 rings (SSSR count). The lowest BCUT2D eigenvalue weighted by atomic mass is 9.82. The fraction of sp³-hybridized carbons (Fsp3) is 0.370. The number of rotatable bonds is 7. The number of hydrogen-bond donors (Lipinski definition) is 1. The first-order valence-corrected chi connectivity index (χ1v) is 12.0. The van der Waals surface area contributed by atoms with Crippen molar-refractivity contribution >= 4 is 17.2 Å². The molecule has 0 spiro atoms. The van der Waals surface area contributed by atoms with Crippen LogP contribution in [0.5, 0.6) is 5.75 Å². The average Bonchev–Trinajstić information content (AvgIpc) is 3.11. The minimum atomic E-state index is -0.869. The number of thiophene rings is 1. The topological polar surface area (TPSA) is 55.6 Å². The van der Waals surface area contributed by atoms with E-state index < -0.39 is 5.54 Å². The van der Waals surface area contributed by atoms with Gasteiger partial charge >= 0.3 is 0 Å². The van der Waals surface area contributed by atoms with E-state index in [9.17, 15) is 4.79 Å². The molecule has 0 saturated carbocycles. The number of amides is 1. The number of ether oxygens (including phenoxy) is 1. The van der Waals surface area contributed by atoms with E-state index in [0.717, 1.165) is 37.1 Å². The largest absolute Gasteiger partial charge is 0.497 e. The minimum Gasteiger partial charge on any atom is -0.497 e. The van der Waals surface area contributed by atoms with Gasteiger partial charge in [-0.1, -0.05) is 42.5 Å². The lowest BCUT2D eigenvalue weighted by Crippen LogP contribution is -2.56. The predicted octanol–water partition coefficient (Wildman–Crippen LogP) is 5.31. The highest BCUT2D eigenvalue weighted by Crippen LogP contribution is 2.46. The van der Waals surface area contributed by atoms with E-state index in [4.69, 9.17) is 10.5 Å². The summed E-state index contributed by atoms with van der Waals surface area (Å²) >= 11 is 1.90. The van der Waals surface area contributed by atoms with E-state index in [1.165, 1.54) is 26.4 Å². The third-order valence-corrected chi connectivity index (χ3v) is 8.34. The maximum atomic E-state index is 13.0. The highest BCUT2D eigenvalue weighted by Gasteiger charge is 2.46. The summed E-state index contributed by atoms with van der Waals surface area (Å²) in [5, 5.41) is 0. The van der Waals surface area contributed by atoms with Gasteiger partial charge in [0, 0.05) is 22.3 Å². The zero-order valence-corrected chi connectivity index (χ0v) is 20.2. The summed E-state index contributed by atoms with van der Waals surface area (Å²) in [4.78, 5) is 18.2. The zero-order chi connectivity index (χ0) is 22.9. The standard InChI is InChI=1S/C27H32N2O2S/c1-18-19(2)32-24-16-17-29(27(3,26(28)30)21-8-6-5-7-9-21)23(25(18)24)15-12-20-10-13-22(31-4)14-11-20/h5-11,13-14,23H,12,15-17H2,1-4H3,(H2,28,30). The monoisotopic (exact) mass is 448 g/mol. The Hall–Kier alpha value is -2.63. The summed E-state index contributed by atoms with van der Waals surface area (Å²) in [5.74, 6) is 0.566. The number of methoxy groups -OCH3 is 1. The summed E-state index contributed by atoms with van der Waals surface area (Å²) in [6, 6.07) is 18.4. The molecule has 0 aliphatic carbocycles. The van der Waals surface area contributed by atoms with Crippen LogP contribution in [-0.2, 0) is 23.2 Å². The number of carbonyl (C=O) groups is 1. The van der Waals surface area contributed by atoms with Crippen molar-refractivity contribution < 1.29 is 9.53 Å². The second-order valence-electron chi connectivity index (χ2n) is 8.77. The third-order valence-electron chi connectivity index (χ3n) is 7.05. The number of nitrogens with zero attached hydrogens (tertiary/aromatic N) is 1. The van der Waals surface area contributed by atoms with E-state index in [1.54, 1.807) is 7.11 Å². The summed E-state index contributed by atoms with van der Waals surface area (Å²) < 4.78 is 5.31. The molecule has 2 unspecified atom stereocenters. The molecular weight excluding hydrogens is 416 g/mol. The van der Waals surface area contributed by atoms with E-state index in [2.05, 4.69) is 30.9 Å². The molecule has 0 bridgehead atoms. The van der Waals surface area contributed by atoms with Crippen LogP contribution in [0.3, 0.4) is 0 Å². The number of fused-ring (bicyclic) bond motifs is 1. The van der Waals surface area contributed by atoms with E-state index >= 15 is 0 Å². The average molecular weight is 449 g/mol. The Morgan fingerprint density at radius 2 is 1.84 bits per heavy atom. The summed E-state index contributed by atoms with van der Waals surface area (Å²) in [6.07, 6.45) is 2.79. The molecule has 1 amide bonds. The van der Waals surface area contributed by atoms with Gasteiger partial charge in [-0.2, -0.15) is 0 Å². The number of nitrogens with two attached hydrogens (primary N) is 1. The van der Waals surface area contributed by atoms with Crippen LogP contribution < -0.4 is 10.5 Å². The molecule has 5 heteroatoms. The lowest BCUT2D eigenvalue weighted by molar-refractivity contribution is -0.132. The lowest BCUT2D eigenvalue weighted by Gasteiger charge is -2.47. The van der Waals surface area contributed by atoms with Crippen molar-refractivity contribution in [2.75, 3.05) is 13.7 Å². The third kappa shape index (κ3) is 3.96. The van der Waals surface area contributed by atoms with Gasteiger partial charge in [0.15, 0.2) is 0 Å². The Labute approximate surface area is 195 Å². The minimum absolute atomic E-state index is 0.128. The Balaban J connectivity index is 1.74. The second-order valence-corrected chi connectivity index (χ2v) is 10.1. The van der Waals surface area contributed by atoms with Crippen LogP contribution in [0.1, 0.15) is 51.4 Å². The van der Waals surface area contributed by atoms with Gasteiger partial charge in [0.25, 0.3) is 0 Å². The van der Waals surface area contributed by atoms with Gasteiger partial charge in [-0.05, 0) is 74.4 Å². The first kappa shape index (κ1) is 22.6. The van der Waals surface area contributed by atoms with Crippen LogP contribution >= 0.6 is 11.3 Å². The molecule has 0 fully saturated rings. The first-order chi connectivity index (χ1) is 15.4. The molecule has 4 nitrogen and oxygen atoms in total. The molecule has 2 atom stereocenters. The Kier molecular flexibility index (Phi) is 6.40. The number of carbonyl (C=O) groups excluding carboxylic acids is 1. The molecule has 2 aromatic carbocycles. The van der Waals surface area contributed by atoms with Crippen LogP contribution in [0.2, 0.25) is 0 Å². The van der Waals surface area contributed by atoms with E-state index in [1.807, 2.05) is 60.7 Å². The van der Waals surface area contributed by atoms with Gasteiger partial charge in [0.1, 0.15) is 11.3 Å². The molecule has 0 radical (unpaired) electrons. The van der Waals surface area contributed by atoms with E-state index in [0.29, 0.717) is 0 Å². The van der Waals surface area contributed by atoms with Gasteiger partial charge in [0.05, 0.1) is 7.11 Å². The Morgan fingerprint density at radius 3 is 2.47 bits per heavy atom. The fourth-order valence-corrected chi connectivity index (χ4v) is 6.24. The van der Waals surface area contributed by atoms with Gasteiger partial charge < -0.3 is 10.5 Å². The van der Waals surface area contributed by atoms with Gasteiger partial charge in [0.2, 0.25) is 5.91 Å².